The predicted molar refractivity (Wildman–Crippen MR) is 98.6 cm³/mol. The van der Waals surface area contributed by atoms with Gasteiger partial charge < -0.3 is 19.2 Å². The summed E-state index contributed by atoms with van der Waals surface area (Å²) >= 11 is 6.03. The van der Waals surface area contributed by atoms with Crippen LogP contribution in [-0.4, -0.2) is 40.6 Å². The number of benzene rings is 1. The largest absolute Gasteiger partial charge is 0.488 e. The molecule has 6 nitrogen and oxygen atoms in total. The molecule has 0 amide bonds. The average Bonchev–Trinajstić information content (AvgIpc) is 3.22. The van der Waals surface area contributed by atoms with Gasteiger partial charge >= 0.3 is 6.01 Å². The van der Waals surface area contributed by atoms with Gasteiger partial charge in [-0.2, -0.15) is 0 Å². The highest BCUT2D eigenvalue weighted by Gasteiger charge is 2.43. The molecule has 0 unspecified atom stereocenters. The van der Waals surface area contributed by atoms with E-state index in [9.17, 15) is 5.11 Å². The van der Waals surface area contributed by atoms with Crippen LogP contribution < -0.4 is 9.64 Å². The smallest absolute Gasteiger partial charge is 0.318 e. The van der Waals surface area contributed by atoms with E-state index >= 15 is 0 Å². The second kappa shape index (κ2) is 7.45. The molecule has 1 aliphatic carbocycles. The van der Waals surface area contributed by atoms with Gasteiger partial charge in [-0.05, 0) is 49.3 Å². The fourth-order valence-electron chi connectivity index (χ4n) is 4.08. The van der Waals surface area contributed by atoms with E-state index < -0.39 is 6.10 Å². The first-order chi connectivity index (χ1) is 12.6. The summed E-state index contributed by atoms with van der Waals surface area (Å²) in [4.78, 5) is 2.15. The summed E-state index contributed by atoms with van der Waals surface area (Å²) in [5.41, 5.74) is 0. The molecule has 2 heterocycles. The minimum atomic E-state index is -0.478. The molecule has 0 bridgehead atoms. The molecule has 140 valence electrons. The van der Waals surface area contributed by atoms with Gasteiger partial charge in [0.25, 0.3) is 0 Å². The topological polar surface area (TPSA) is 71.6 Å². The molecule has 1 N–H and O–H groups in total. The number of hydrogen-bond donors (Lipinski definition) is 1. The highest BCUT2D eigenvalue weighted by atomic mass is 35.5. The molecule has 1 saturated carbocycles. The van der Waals surface area contributed by atoms with Gasteiger partial charge in [-0.25, -0.2) is 0 Å². The van der Waals surface area contributed by atoms with E-state index in [1.807, 2.05) is 18.2 Å². The number of aliphatic hydroxyl groups is 1. The maximum atomic E-state index is 10.5. The van der Waals surface area contributed by atoms with Crippen LogP contribution in [-0.2, 0) is 6.42 Å². The molecule has 4 rings (SSSR count). The summed E-state index contributed by atoms with van der Waals surface area (Å²) < 4.78 is 11.8. The Morgan fingerprint density at radius 3 is 2.85 bits per heavy atom. The number of ether oxygens (including phenoxy) is 1. The van der Waals surface area contributed by atoms with Crippen molar-refractivity contribution in [3.05, 3.63) is 35.2 Å². The monoisotopic (exact) mass is 377 g/mol. The van der Waals surface area contributed by atoms with Crippen molar-refractivity contribution < 1.29 is 14.3 Å². The Kier molecular flexibility index (Phi) is 5.05. The molecule has 2 fully saturated rings. The van der Waals surface area contributed by atoms with E-state index in [1.165, 1.54) is 0 Å². The number of aryl methyl sites for hydroxylation is 1. The summed E-state index contributed by atoms with van der Waals surface area (Å²) in [6.07, 6.45) is 2.64. The van der Waals surface area contributed by atoms with E-state index in [2.05, 4.69) is 22.0 Å². The van der Waals surface area contributed by atoms with Crippen molar-refractivity contribution in [2.75, 3.05) is 18.0 Å². The molecule has 1 saturated heterocycles. The molecule has 26 heavy (non-hydrogen) atoms. The molecule has 2 aliphatic rings. The zero-order valence-electron chi connectivity index (χ0n) is 14.8. The molecule has 1 aliphatic heterocycles. The summed E-state index contributed by atoms with van der Waals surface area (Å²) in [5.74, 6) is 2.27. The molecule has 0 spiro atoms. The zero-order valence-corrected chi connectivity index (χ0v) is 15.6. The third kappa shape index (κ3) is 3.67. The van der Waals surface area contributed by atoms with Crippen molar-refractivity contribution in [1.29, 1.82) is 0 Å². The van der Waals surface area contributed by atoms with Gasteiger partial charge in [0.15, 0.2) is 0 Å². The lowest BCUT2D eigenvalue weighted by atomic mass is 9.78. The molecule has 1 aromatic carbocycles. The highest BCUT2D eigenvalue weighted by molar-refractivity contribution is 6.30. The zero-order chi connectivity index (χ0) is 18.1. The summed E-state index contributed by atoms with van der Waals surface area (Å²) in [6, 6.07) is 7.93. The van der Waals surface area contributed by atoms with Crippen LogP contribution in [0, 0.1) is 11.8 Å². The van der Waals surface area contributed by atoms with E-state index in [0.29, 0.717) is 34.5 Å². The number of rotatable bonds is 5. The lowest BCUT2D eigenvalue weighted by molar-refractivity contribution is -0.0231. The van der Waals surface area contributed by atoms with Crippen molar-refractivity contribution in [2.45, 2.75) is 44.8 Å². The van der Waals surface area contributed by atoms with Gasteiger partial charge in [0.2, 0.25) is 5.89 Å². The molecule has 1 aromatic heterocycles. The van der Waals surface area contributed by atoms with Crippen molar-refractivity contribution in [3.8, 4) is 5.75 Å². The average molecular weight is 378 g/mol. The second-order valence-corrected chi connectivity index (χ2v) is 7.74. The fourth-order valence-corrected chi connectivity index (χ4v) is 4.26. The van der Waals surface area contributed by atoms with E-state index in [0.717, 1.165) is 38.8 Å². The van der Waals surface area contributed by atoms with Gasteiger partial charge in [0.05, 0.1) is 6.10 Å². The molecule has 7 heteroatoms. The molecular formula is C19H24ClN3O3. The summed E-state index contributed by atoms with van der Waals surface area (Å²) in [6.45, 7) is 3.80. The fraction of sp³-hybridized carbons (Fsp3) is 0.579. The first-order valence-electron chi connectivity index (χ1n) is 9.30. The first-order valence-corrected chi connectivity index (χ1v) is 9.67. The van der Waals surface area contributed by atoms with Crippen LogP contribution in [0.25, 0.3) is 0 Å². The molecule has 4 atom stereocenters. The van der Waals surface area contributed by atoms with Crippen LogP contribution in [0.5, 0.6) is 5.75 Å². The van der Waals surface area contributed by atoms with Crippen molar-refractivity contribution >= 4 is 17.6 Å². The van der Waals surface area contributed by atoms with Crippen LogP contribution in [0.4, 0.5) is 6.01 Å². The van der Waals surface area contributed by atoms with Crippen molar-refractivity contribution in [3.63, 3.8) is 0 Å². The molecular weight excluding hydrogens is 354 g/mol. The van der Waals surface area contributed by atoms with Crippen molar-refractivity contribution in [1.82, 2.24) is 10.2 Å². The minimum absolute atomic E-state index is 0.215. The van der Waals surface area contributed by atoms with Gasteiger partial charge in [0, 0.05) is 24.5 Å². The number of halogens is 1. The predicted octanol–water partition coefficient (Wildman–Crippen LogP) is 3.33. The Labute approximate surface area is 158 Å². The van der Waals surface area contributed by atoms with Gasteiger partial charge in [-0.15, -0.1) is 5.10 Å². The van der Waals surface area contributed by atoms with Crippen LogP contribution in [0.1, 0.15) is 32.1 Å². The summed E-state index contributed by atoms with van der Waals surface area (Å²) in [5, 5.41) is 19.5. The second-order valence-electron chi connectivity index (χ2n) is 7.31. The Morgan fingerprint density at radius 1 is 1.27 bits per heavy atom. The van der Waals surface area contributed by atoms with E-state index in [4.69, 9.17) is 20.8 Å². The van der Waals surface area contributed by atoms with Crippen LogP contribution in [0.15, 0.2) is 28.7 Å². The number of anilines is 1. The third-order valence-electron chi connectivity index (χ3n) is 5.36. The van der Waals surface area contributed by atoms with Crippen molar-refractivity contribution in [2.24, 2.45) is 11.8 Å². The van der Waals surface area contributed by atoms with Gasteiger partial charge in [-0.1, -0.05) is 29.7 Å². The lowest BCUT2D eigenvalue weighted by Crippen LogP contribution is -2.42. The normalized spacial score (nSPS) is 28.2. The van der Waals surface area contributed by atoms with E-state index in [1.54, 1.807) is 6.07 Å². The van der Waals surface area contributed by atoms with E-state index in [-0.39, 0.29) is 6.10 Å². The Morgan fingerprint density at radius 2 is 2.08 bits per heavy atom. The maximum absolute atomic E-state index is 10.5. The Hall–Kier alpha value is -1.79. The molecule has 0 radical (unpaired) electrons. The van der Waals surface area contributed by atoms with Gasteiger partial charge in [0.1, 0.15) is 11.9 Å². The van der Waals surface area contributed by atoms with Gasteiger partial charge in [-0.3, -0.25) is 0 Å². The maximum Gasteiger partial charge on any atom is 0.318 e. The minimum Gasteiger partial charge on any atom is -0.488 e. The number of aliphatic hydroxyl groups excluding tert-OH is 1. The summed E-state index contributed by atoms with van der Waals surface area (Å²) in [7, 11) is 0. The molecule has 2 aromatic rings. The first kappa shape index (κ1) is 17.6. The lowest BCUT2D eigenvalue weighted by Gasteiger charge is -2.35. The van der Waals surface area contributed by atoms with Crippen LogP contribution >= 0.6 is 11.6 Å². The Balaban J connectivity index is 1.41. The van der Waals surface area contributed by atoms with Crippen LogP contribution in [0.3, 0.4) is 0 Å². The number of nitrogens with zero attached hydrogens (tertiary/aromatic N) is 3. The standard InChI is InChI=1S/C19H24ClN3O3/c1-2-4-18-21-22-19(26-18)23-10-12-7-16(24)17(8-13(12)11-23)25-15-6-3-5-14(20)9-15/h3,5-6,9,12-13,16-17,24H,2,4,7-8,10-11H2,1H3/t12-,13+,16+,17+/m0/s1. The Bertz CT molecular complexity index is 753. The number of fused-ring (bicyclic) bond motifs is 1. The number of aromatic nitrogens is 2. The van der Waals surface area contributed by atoms with Crippen LogP contribution in [0.2, 0.25) is 5.02 Å². The quantitative estimate of drug-likeness (QED) is 0.861. The third-order valence-corrected chi connectivity index (χ3v) is 5.59. The highest BCUT2D eigenvalue weighted by Crippen LogP contribution is 2.39. The SMILES string of the molecule is CCCc1nnc(N2C[C@H]3C[C@@H](Oc4cccc(Cl)c4)[C@H](O)C[C@H]3C2)o1. The number of hydrogen-bond acceptors (Lipinski definition) is 6.